The Balaban J connectivity index is 1.73. The van der Waals surface area contributed by atoms with E-state index in [-0.39, 0.29) is 24.3 Å². The number of amides is 2. The first-order chi connectivity index (χ1) is 10.6. The zero-order chi connectivity index (χ0) is 15.9. The van der Waals surface area contributed by atoms with Gasteiger partial charge in [-0.3, -0.25) is 9.59 Å². The normalized spacial score (nSPS) is 18.3. The fourth-order valence-corrected chi connectivity index (χ4v) is 2.19. The van der Waals surface area contributed by atoms with Crippen LogP contribution in [0.15, 0.2) is 21.8 Å². The largest absolute Gasteiger partial charge is 0.469 e. The van der Waals surface area contributed by atoms with E-state index in [1.54, 1.807) is 19.9 Å². The fraction of sp³-hybridized carbons (Fsp3) is 0.533. The van der Waals surface area contributed by atoms with Crippen molar-refractivity contribution in [1.29, 1.82) is 0 Å². The minimum atomic E-state index is -0.356. The van der Waals surface area contributed by atoms with E-state index in [0.717, 1.165) is 19.4 Å². The van der Waals surface area contributed by atoms with Crippen molar-refractivity contribution < 1.29 is 18.7 Å². The molecule has 0 aromatic carbocycles. The van der Waals surface area contributed by atoms with Gasteiger partial charge in [0.2, 0.25) is 5.91 Å². The van der Waals surface area contributed by atoms with Gasteiger partial charge in [0.15, 0.2) is 0 Å². The molecule has 1 aromatic heterocycles. The topological polar surface area (TPSA) is 92.9 Å². The van der Waals surface area contributed by atoms with Gasteiger partial charge in [-0.1, -0.05) is 0 Å². The molecule has 0 bridgehead atoms. The molecule has 7 heteroatoms. The number of furan rings is 1. The van der Waals surface area contributed by atoms with E-state index in [9.17, 15) is 9.59 Å². The van der Waals surface area contributed by atoms with Crippen LogP contribution < -0.4 is 10.7 Å². The molecule has 2 rings (SSSR count). The first-order valence-corrected chi connectivity index (χ1v) is 7.32. The Kier molecular flexibility index (Phi) is 5.71. The second-order valence-corrected chi connectivity index (χ2v) is 5.29. The van der Waals surface area contributed by atoms with E-state index >= 15 is 0 Å². The number of nitrogens with zero attached hydrogens (tertiary/aromatic N) is 1. The van der Waals surface area contributed by atoms with Gasteiger partial charge in [-0.15, -0.1) is 0 Å². The summed E-state index contributed by atoms with van der Waals surface area (Å²) in [6.45, 7) is 4.67. The van der Waals surface area contributed by atoms with Crippen molar-refractivity contribution >= 4 is 17.5 Å². The number of carbonyl (C=O) groups is 2. The quantitative estimate of drug-likeness (QED) is 0.613. The van der Waals surface area contributed by atoms with E-state index in [0.29, 0.717) is 23.6 Å². The number of aryl methyl sites for hydroxylation is 1. The SMILES string of the molecule is C/C(CC(=O)NC[C@@H]1CCCO1)=N/NC(=O)c1ccoc1C. The van der Waals surface area contributed by atoms with Gasteiger partial charge in [0, 0.05) is 18.9 Å². The van der Waals surface area contributed by atoms with Crippen molar-refractivity contribution in [2.24, 2.45) is 5.10 Å². The fourth-order valence-electron chi connectivity index (χ4n) is 2.19. The molecule has 0 saturated carbocycles. The average Bonchev–Trinajstić information content (AvgIpc) is 3.14. The predicted molar refractivity (Wildman–Crippen MR) is 80.6 cm³/mol. The van der Waals surface area contributed by atoms with Gasteiger partial charge < -0.3 is 14.5 Å². The van der Waals surface area contributed by atoms with Crippen LogP contribution >= 0.6 is 0 Å². The molecule has 1 saturated heterocycles. The highest BCUT2D eigenvalue weighted by molar-refractivity contribution is 6.01. The van der Waals surface area contributed by atoms with Gasteiger partial charge in [-0.05, 0) is 32.8 Å². The van der Waals surface area contributed by atoms with Crippen LogP contribution in [-0.4, -0.2) is 36.8 Å². The van der Waals surface area contributed by atoms with Crippen LogP contribution in [0.1, 0.15) is 42.3 Å². The molecule has 22 heavy (non-hydrogen) atoms. The van der Waals surface area contributed by atoms with E-state index in [1.807, 2.05) is 0 Å². The summed E-state index contributed by atoms with van der Waals surface area (Å²) in [7, 11) is 0. The molecule has 120 valence electrons. The molecule has 0 spiro atoms. The van der Waals surface area contributed by atoms with Gasteiger partial charge >= 0.3 is 0 Å². The van der Waals surface area contributed by atoms with Crippen LogP contribution in [0.2, 0.25) is 0 Å². The van der Waals surface area contributed by atoms with E-state index in [2.05, 4.69) is 15.8 Å². The average molecular weight is 307 g/mol. The Morgan fingerprint density at radius 1 is 1.45 bits per heavy atom. The molecule has 0 unspecified atom stereocenters. The lowest BCUT2D eigenvalue weighted by molar-refractivity contribution is -0.120. The van der Waals surface area contributed by atoms with Gasteiger partial charge in [-0.2, -0.15) is 5.10 Å². The van der Waals surface area contributed by atoms with Crippen molar-refractivity contribution in [2.75, 3.05) is 13.2 Å². The first-order valence-electron chi connectivity index (χ1n) is 7.32. The summed E-state index contributed by atoms with van der Waals surface area (Å²) >= 11 is 0. The summed E-state index contributed by atoms with van der Waals surface area (Å²) < 4.78 is 10.5. The summed E-state index contributed by atoms with van der Waals surface area (Å²) in [6, 6.07) is 1.57. The Labute approximate surface area is 129 Å². The summed E-state index contributed by atoms with van der Waals surface area (Å²) in [5, 5.41) is 6.73. The highest BCUT2D eigenvalue weighted by atomic mass is 16.5. The minimum Gasteiger partial charge on any atom is -0.469 e. The van der Waals surface area contributed by atoms with Crippen LogP contribution in [0, 0.1) is 6.92 Å². The molecule has 1 aliphatic heterocycles. The summed E-state index contributed by atoms with van der Waals surface area (Å²) in [5.74, 6) is 0.0375. The van der Waals surface area contributed by atoms with Gasteiger partial charge in [-0.25, -0.2) is 5.43 Å². The number of nitrogens with one attached hydrogen (secondary N) is 2. The first kappa shape index (κ1) is 16.2. The molecule has 7 nitrogen and oxygen atoms in total. The molecule has 1 fully saturated rings. The lowest BCUT2D eigenvalue weighted by atomic mass is 10.2. The molecule has 2 amide bonds. The monoisotopic (exact) mass is 307 g/mol. The Hall–Kier alpha value is -2.15. The molecule has 1 atom stereocenters. The molecule has 1 aromatic rings. The minimum absolute atomic E-state index is 0.116. The van der Waals surface area contributed by atoms with Crippen molar-refractivity contribution in [3.05, 3.63) is 23.7 Å². The maximum Gasteiger partial charge on any atom is 0.274 e. The molecular weight excluding hydrogens is 286 g/mol. The Bertz CT molecular complexity index is 559. The summed E-state index contributed by atoms with van der Waals surface area (Å²) in [6.07, 6.45) is 3.72. The Morgan fingerprint density at radius 2 is 2.27 bits per heavy atom. The highest BCUT2D eigenvalue weighted by Gasteiger charge is 2.16. The van der Waals surface area contributed by atoms with Crippen LogP contribution in [0.4, 0.5) is 0 Å². The lowest BCUT2D eigenvalue weighted by Gasteiger charge is -2.10. The van der Waals surface area contributed by atoms with Gasteiger partial charge in [0.05, 0.1) is 24.4 Å². The molecule has 2 N–H and O–H groups in total. The molecule has 2 heterocycles. The van der Waals surface area contributed by atoms with Gasteiger partial charge in [0.25, 0.3) is 5.91 Å². The highest BCUT2D eigenvalue weighted by Crippen LogP contribution is 2.10. The third-order valence-corrected chi connectivity index (χ3v) is 3.42. The molecule has 0 aliphatic carbocycles. The standard InChI is InChI=1S/C15H21N3O4/c1-10(8-14(19)16-9-12-4-3-6-22-12)17-18-15(20)13-5-7-21-11(13)2/h5,7,12H,3-4,6,8-9H2,1-2H3,(H,16,19)(H,18,20)/b17-10-/t12-/m0/s1. The van der Waals surface area contributed by atoms with Crippen LogP contribution in [0.5, 0.6) is 0 Å². The second kappa shape index (κ2) is 7.74. The smallest absolute Gasteiger partial charge is 0.274 e. The maximum absolute atomic E-state index is 11.8. The van der Waals surface area contributed by atoms with Crippen molar-refractivity contribution in [2.45, 2.75) is 39.2 Å². The number of rotatable bonds is 6. The van der Waals surface area contributed by atoms with Gasteiger partial charge in [0.1, 0.15) is 5.76 Å². The summed E-state index contributed by atoms with van der Waals surface area (Å²) in [5.41, 5.74) is 3.37. The lowest BCUT2D eigenvalue weighted by Crippen LogP contribution is -2.33. The van der Waals surface area contributed by atoms with Crippen molar-refractivity contribution in [3.63, 3.8) is 0 Å². The number of hydrazone groups is 1. The maximum atomic E-state index is 11.8. The zero-order valence-corrected chi connectivity index (χ0v) is 12.8. The van der Waals surface area contributed by atoms with Crippen LogP contribution in [-0.2, 0) is 9.53 Å². The van der Waals surface area contributed by atoms with E-state index in [4.69, 9.17) is 9.15 Å². The molecule has 0 radical (unpaired) electrons. The Morgan fingerprint density at radius 3 is 2.91 bits per heavy atom. The summed E-state index contributed by atoms with van der Waals surface area (Å²) in [4.78, 5) is 23.6. The number of hydrogen-bond acceptors (Lipinski definition) is 5. The number of carbonyl (C=O) groups excluding carboxylic acids is 2. The van der Waals surface area contributed by atoms with Crippen molar-refractivity contribution in [1.82, 2.24) is 10.7 Å². The van der Waals surface area contributed by atoms with E-state index in [1.165, 1.54) is 6.26 Å². The third kappa shape index (κ3) is 4.70. The van der Waals surface area contributed by atoms with E-state index < -0.39 is 0 Å². The third-order valence-electron chi connectivity index (χ3n) is 3.42. The van der Waals surface area contributed by atoms with Crippen molar-refractivity contribution in [3.8, 4) is 0 Å². The van der Waals surface area contributed by atoms with Crippen LogP contribution in [0.25, 0.3) is 0 Å². The zero-order valence-electron chi connectivity index (χ0n) is 12.8. The number of hydrogen-bond donors (Lipinski definition) is 2. The van der Waals surface area contributed by atoms with Crippen LogP contribution in [0.3, 0.4) is 0 Å². The second-order valence-electron chi connectivity index (χ2n) is 5.29. The predicted octanol–water partition coefficient (Wildman–Crippen LogP) is 1.38. The number of ether oxygens (including phenoxy) is 1. The molecule has 1 aliphatic rings. The molecular formula is C15H21N3O4.